The second kappa shape index (κ2) is 10.4. The van der Waals surface area contributed by atoms with E-state index >= 15 is 0 Å². The lowest BCUT2D eigenvalue weighted by Crippen LogP contribution is -2.32. The van der Waals surface area contributed by atoms with Gasteiger partial charge >= 0.3 is 0 Å². The molecule has 0 spiro atoms. The number of benzene rings is 3. The number of aryl methyl sites for hydroxylation is 1. The van der Waals surface area contributed by atoms with Crippen molar-refractivity contribution < 1.29 is 19.1 Å². The summed E-state index contributed by atoms with van der Waals surface area (Å²) in [4.78, 5) is 39.3. The Kier molecular flexibility index (Phi) is 7.17. The first kappa shape index (κ1) is 24.0. The molecule has 0 aliphatic carbocycles. The second-order valence-electron chi connectivity index (χ2n) is 8.00. The number of ether oxygens (including phenoxy) is 1. The van der Waals surface area contributed by atoms with Crippen molar-refractivity contribution in [3.05, 3.63) is 100 Å². The van der Waals surface area contributed by atoms with Gasteiger partial charge in [0.2, 0.25) is 0 Å². The number of nitrogens with one attached hydrogen (secondary N) is 2. The van der Waals surface area contributed by atoms with Gasteiger partial charge in [-0.05, 0) is 60.9 Å². The molecule has 0 saturated heterocycles. The molecule has 0 unspecified atom stereocenters. The van der Waals surface area contributed by atoms with Crippen molar-refractivity contribution in [2.24, 2.45) is 0 Å². The van der Waals surface area contributed by atoms with E-state index in [0.29, 0.717) is 29.2 Å². The highest BCUT2D eigenvalue weighted by molar-refractivity contribution is 6.53. The Morgan fingerprint density at radius 2 is 1.69 bits per heavy atom. The Hall–Kier alpha value is -4.10. The van der Waals surface area contributed by atoms with Gasteiger partial charge in [-0.1, -0.05) is 48.0 Å². The molecule has 0 fully saturated rings. The predicted molar refractivity (Wildman–Crippen MR) is 136 cm³/mol. The van der Waals surface area contributed by atoms with E-state index in [1.165, 1.54) is 7.11 Å². The number of carbonyl (C=O) groups excluding carboxylic acids is 3. The third-order valence-corrected chi connectivity index (χ3v) is 5.91. The molecule has 0 aromatic heterocycles. The standard InChI is InChI=1S/C27H24ClN3O4/c1-17-8-13-22(35-2)21(16-17)31-26(33)23(28)24(27(31)34)30-20-11-9-19(10-12-20)25(32)29-15-14-18-6-4-3-5-7-18/h3-13,16,30H,14-15H2,1-2H3,(H,29,32). The van der Waals surface area contributed by atoms with E-state index in [0.717, 1.165) is 22.4 Å². The van der Waals surface area contributed by atoms with Crippen molar-refractivity contribution in [1.82, 2.24) is 5.32 Å². The predicted octanol–water partition coefficient (Wildman–Crippen LogP) is 4.41. The van der Waals surface area contributed by atoms with Gasteiger partial charge in [-0.25, -0.2) is 4.90 Å². The van der Waals surface area contributed by atoms with E-state index in [-0.39, 0.29) is 16.6 Å². The quantitative estimate of drug-likeness (QED) is 0.457. The maximum Gasteiger partial charge on any atom is 0.283 e. The van der Waals surface area contributed by atoms with Crippen molar-refractivity contribution in [2.45, 2.75) is 13.3 Å². The van der Waals surface area contributed by atoms with Crippen LogP contribution in [-0.2, 0) is 16.0 Å². The molecule has 3 aromatic carbocycles. The van der Waals surface area contributed by atoms with Crippen LogP contribution < -0.4 is 20.3 Å². The average Bonchev–Trinajstić information content (AvgIpc) is 3.08. The van der Waals surface area contributed by atoms with Crippen molar-refractivity contribution in [2.75, 3.05) is 23.9 Å². The van der Waals surface area contributed by atoms with Crippen LogP contribution in [0.4, 0.5) is 11.4 Å². The number of methoxy groups -OCH3 is 1. The molecule has 4 rings (SSSR count). The molecule has 0 bridgehead atoms. The zero-order valence-electron chi connectivity index (χ0n) is 19.3. The van der Waals surface area contributed by atoms with Crippen LogP contribution in [0.2, 0.25) is 0 Å². The first-order chi connectivity index (χ1) is 16.9. The van der Waals surface area contributed by atoms with Gasteiger partial charge in [-0.3, -0.25) is 14.4 Å². The largest absolute Gasteiger partial charge is 0.495 e. The van der Waals surface area contributed by atoms with Gasteiger partial charge in [-0.2, -0.15) is 0 Å². The molecule has 1 heterocycles. The van der Waals surface area contributed by atoms with Crippen LogP contribution in [0.3, 0.4) is 0 Å². The van der Waals surface area contributed by atoms with Gasteiger partial charge in [0.1, 0.15) is 16.5 Å². The Balaban J connectivity index is 1.43. The summed E-state index contributed by atoms with van der Waals surface area (Å²) >= 11 is 6.24. The van der Waals surface area contributed by atoms with Gasteiger partial charge in [0.15, 0.2) is 0 Å². The Labute approximate surface area is 208 Å². The summed E-state index contributed by atoms with van der Waals surface area (Å²) in [5.41, 5.74) is 3.27. The summed E-state index contributed by atoms with van der Waals surface area (Å²) in [6.07, 6.45) is 0.733. The summed E-state index contributed by atoms with van der Waals surface area (Å²) in [6, 6.07) is 21.7. The average molecular weight is 490 g/mol. The molecular weight excluding hydrogens is 466 g/mol. The number of hydrogen-bond donors (Lipinski definition) is 2. The van der Waals surface area contributed by atoms with E-state index in [1.807, 2.05) is 43.3 Å². The molecule has 1 aliphatic rings. The Morgan fingerprint density at radius 3 is 2.37 bits per heavy atom. The van der Waals surface area contributed by atoms with Crippen molar-refractivity contribution in [1.29, 1.82) is 0 Å². The number of rotatable bonds is 8. The topological polar surface area (TPSA) is 87.7 Å². The highest BCUT2D eigenvalue weighted by atomic mass is 35.5. The van der Waals surface area contributed by atoms with Crippen molar-refractivity contribution in [3.63, 3.8) is 0 Å². The first-order valence-electron chi connectivity index (χ1n) is 11.0. The molecule has 3 aromatic rings. The van der Waals surface area contributed by atoms with Crippen LogP contribution in [0.15, 0.2) is 83.5 Å². The second-order valence-corrected chi connectivity index (χ2v) is 8.38. The number of imide groups is 1. The molecule has 3 amide bonds. The maximum atomic E-state index is 13.1. The monoisotopic (exact) mass is 489 g/mol. The summed E-state index contributed by atoms with van der Waals surface area (Å²) in [5.74, 6) is -1.05. The van der Waals surface area contributed by atoms with Gasteiger partial charge < -0.3 is 15.4 Å². The highest BCUT2D eigenvalue weighted by Crippen LogP contribution is 2.36. The molecule has 2 N–H and O–H groups in total. The number of nitrogens with zero attached hydrogens (tertiary/aromatic N) is 1. The van der Waals surface area contributed by atoms with Crippen LogP contribution in [0.5, 0.6) is 5.75 Å². The zero-order chi connectivity index (χ0) is 24.9. The van der Waals surface area contributed by atoms with E-state index in [1.54, 1.807) is 36.4 Å². The van der Waals surface area contributed by atoms with Crippen LogP contribution in [-0.4, -0.2) is 31.4 Å². The van der Waals surface area contributed by atoms with Crippen LogP contribution >= 0.6 is 11.6 Å². The normalized spacial score (nSPS) is 13.3. The van der Waals surface area contributed by atoms with Crippen LogP contribution in [0, 0.1) is 6.92 Å². The molecule has 0 saturated carbocycles. The lowest BCUT2D eigenvalue weighted by Gasteiger charge is -2.18. The highest BCUT2D eigenvalue weighted by Gasteiger charge is 2.40. The lowest BCUT2D eigenvalue weighted by atomic mass is 10.1. The number of hydrogen-bond acceptors (Lipinski definition) is 5. The molecule has 178 valence electrons. The molecule has 8 heteroatoms. The molecular formula is C27H24ClN3O4. The fraction of sp³-hybridized carbons (Fsp3) is 0.148. The SMILES string of the molecule is COc1ccc(C)cc1N1C(=O)C(Cl)=C(Nc2ccc(C(=O)NCCc3ccccc3)cc2)C1=O. The van der Waals surface area contributed by atoms with Crippen molar-refractivity contribution in [3.8, 4) is 5.75 Å². The Morgan fingerprint density at radius 1 is 0.971 bits per heavy atom. The number of halogens is 1. The summed E-state index contributed by atoms with van der Waals surface area (Å²) in [7, 11) is 1.47. The van der Waals surface area contributed by atoms with Crippen LogP contribution in [0.1, 0.15) is 21.5 Å². The molecule has 7 nitrogen and oxygen atoms in total. The summed E-state index contributed by atoms with van der Waals surface area (Å²) in [6.45, 7) is 2.36. The third kappa shape index (κ3) is 5.20. The van der Waals surface area contributed by atoms with E-state index in [9.17, 15) is 14.4 Å². The van der Waals surface area contributed by atoms with E-state index in [2.05, 4.69) is 10.6 Å². The lowest BCUT2D eigenvalue weighted by molar-refractivity contribution is -0.120. The fourth-order valence-corrected chi connectivity index (χ4v) is 3.93. The fourth-order valence-electron chi connectivity index (χ4n) is 3.72. The van der Waals surface area contributed by atoms with Crippen molar-refractivity contribution >= 4 is 40.7 Å². The third-order valence-electron chi connectivity index (χ3n) is 5.56. The van der Waals surface area contributed by atoms with Gasteiger partial charge in [0.05, 0.1) is 12.8 Å². The van der Waals surface area contributed by atoms with Crippen LogP contribution in [0.25, 0.3) is 0 Å². The minimum absolute atomic E-state index is 0.0414. The molecule has 35 heavy (non-hydrogen) atoms. The summed E-state index contributed by atoms with van der Waals surface area (Å²) in [5, 5.41) is 5.59. The number of amides is 3. The minimum atomic E-state index is -0.641. The molecule has 1 aliphatic heterocycles. The Bertz CT molecular complexity index is 1300. The van der Waals surface area contributed by atoms with Gasteiger partial charge in [0, 0.05) is 17.8 Å². The minimum Gasteiger partial charge on any atom is -0.495 e. The van der Waals surface area contributed by atoms with E-state index < -0.39 is 11.8 Å². The number of carbonyl (C=O) groups is 3. The summed E-state index contributed by atoms with van der Waals surface area (Å²) < 4.78 is 5.32. The number of anilines is 2. The molecule has 0 atom stereocenters. The maximum absolute atomic E-state index is 13.1. The first-order valence-corrected chi connectivity index (χ1v) is 11.4. The van der Waals surface area contributed by atoms with Gasteiger partial charge in [-0.15, -0.1) is 0 Å². The zero-order valence-corrected chi connectivity index (χ0v) is 20.1. The van der Waals surface area contributed by atoms with Gasteiger partial charge in [0.25, 0.3) is 17.7 Å². The van der Waals surface area contributed by atoms with E-state index in [4.69, 9.17) is 16.3 Å². The smallest absolute Gasteiger partial charge is 0.283 e. The molecule has 0 radical (unpaired) electrons.